The van der Waals surface area contributed by atoms with Crippen LogP contribution in [0.2, 0.25) is 0 Å². The third kappa shape index (κ3) is 18.3. The van der Waals surface area contributed by atoms with Crippen LogP contribution in [0.4, 0.5) is 0 Å². The molecule has 5 N–H and O–H groups in total. The Morgan fingerprint density at radius 2 is 0.800 bits per heavy atom. The molecule has 6 aliphatic heterocycles. The van der Waals surface area contributed by atoms with Gasteiger partial charge in [-0.2, -0.15) is 15.3 Å². The lowest BCUT2D eigenvalue weighted by molar-refractivity contribution is 0.309. The molecule has 105 heavy (non-hydrogen) atoms. The number of rotatable bonds is 17. The van der Waals surface area contributed by atoms with Crippen LogP contribution in [-0.4, -0.2) is 235 Å². The topological polar surface area (TPSA) is 392 Å². The number of nitrogens with one attached hydrogen (secondary N) is 4. The molecule has 0 bridgehead atoms. The van der Waals surface area contributed by atoms with Crippen LogP contribution in [0.5, 0.6) is 0 Å². The lowest BCUT2D eigenvalue weighted by Gasteiger charge is -2.30. The van der Waals surface area contributed by atoms with Gasteiger partial charge in [0.2, 0.25) is 30.1 Å². The van der Waals surface area contributed by atoms with E-state index in [0.29, 0.717) is 148 Å². The smallest absolute Gasteiger partial charge is 0.276 e. The van der Waals surface area contributed by atoms with Gasteiger partial charge in [0.1, 0.15) is 46.6 Å². The summed E-state index contributed by atoms with van der Waals surface area (Å²) in [6, 6.07) is 14.0. The Bertz CT molecular complexity index is 4690. The van der Waals surface area contributed by atoms with Crippen molar-refractivity contribution in [1.82, 2.24) is 107 Å². The van der Waals surface area contributed by atoms with Gasteiger partial charge in [0.05, 0.1) is 48.3 Å². The maximum absolute atomic E-state index is 12.9. The summed E-state index contributed by atoms with van der Waals surface area (Å²) in [4.78, 5) is 81.8. The molecule has 0 amide bonds. The van der Waals surface area contributed by atoms with Gasteiger partial charge < -0.3 is 25.4 Å². The standard InChI is InChI=1S/C24H32N6O3S.C22H30N8O3S.C17H26N6O3S.C5H5ClN2.CH4O/c1-3-34(32,33)29-11-9-19(10-12-29)23-25-13-21-24(31)26-22(27-30(21)23)20-16-28(14-17(20)2)15-18-7-5-4-6-8-18;1-3-34(32,33)29-9-5-16(6-10-29)21-25-11-18-22(31)26-20(27-30(18)21)17-13-28(12-15(17)2)14-19-23-7-4-8-24-19;1-3-27(25,26)22-6-4-12(5-7-22)16-19-10-14-17(24)20-15(21-23(14)16)13-9-18-8-11(13)2;6-4-5-7-2-1-3-8-5;1-2/h4-8,13,17,19-20H,3,9-12,14-16H2,1-2H3,(H,26,27,31);4,7-8,11,15-17H,3,5-6,9-10,12-14H2,1-2H3,(H,26,27,31);10-13,18H,3-9H2,1-2H3,(H,20,21,24);1-3H,4H2;2H,1H3. The van der Waals surface area contributed by atoms with Gasteiger partial charge in [0, 0.05) is 146 Å². The zero-order valence-electron chi connectivity index (χ0n) is 60.5. The number of piperidine rings is 3. The third-order valence-electron chi connectivity index (χ3n) is 21.0. The highest BCUT2D eigenvalue weighted by Gasteiger charge is 2.38. The number of sulfonamides is 3. The van der Waals surface area contributed by atoms with Crippen LogP contribution in [-0.2, 0) is 49.0 Å². The molecule has 32 nitrogen and oxygen atoms in total. The van der Waals surface area contributed by atoms with E-state index in [2.05, 4.69) is 110 Å². The molecule has 9 aromatic rings. The molecule has 0 aliphatic carbocycles. The molecule has 568 valence electrons. The number of alkyl halides is 1. The number of aliphatic hydroxyl groups is 1. The van der Waals surface area contributed by atoms with E-state index < -0.39 is 30.1 Å². The first-order valence-corrected chi connectivity index (χ1v) is 41.5. The molecule has 15 rings (SSSR count). The van der Waals surface area contributed by atoms with Crippen molar-refractivity contribution in [1.29, 1.82) is 0 Å². The van der Waals surface area contributed by atoms with Gasteiger partial charge in [-0.25, -0.2) is 86.6 Å². The van der Waals surface area contributed by atoms with E-state index in [0.717, 1.165) is 76.2 Å². The summed E-state index contributed by atoms with van der Waals surface area (Å²) in [5, 5.41) is 24.8. The molecule has 36 heteroatoms. The first-order chi connectivity index (χ1) is 50.5. The lowest BCUT2D eigenvalue weighted by Crippen LogP contribution is -2.39. The molecule has 0 spiro atoms. The van der Waals surface area contributed by atoms with E-state index in [1.807, 2.05) is 6.07 Å². The van der Waals surface area contributed by atoms with Crippen molar-refractivity contribution < 1.29 is 30.4 Å². The van der Waals surface area contributed by atoms with Crippen LogP contribution < -0.4 is 22.0 Å². The fraction of sp³-hybridized carbons (Fsp3) is 0.580. The molecule has 8 aromatic heterocycles. The van der Waals surface area contributed by atoms with Crippen LogP contribution in [0.25, 0.3) is 16.6 Å². The minimum atomic E-state index is -3.19. The third-order valence-corrected chi connectivity index (χ3v) is 26.9. The van der Waals surface area contributed by atoms with Crippen molar-refractivity contribution in [3.63, 3.8) is 0 Å². The minimum absolute atomic E-state index is 0.0562. The van der Waals surface area contributed by atoms with Gasteiger partial charge in [0.15, 0.2) is 16.6 Å². The van der Waals surface area contributed by atoms with Crippen LogP contribution in [0.3, 0.4) is 0 Å². The maximum atomic E-state index is 12.9. The summed E-state index contributed by atoms with van der Waals surface area (Å²) >= 11 is 5.40. The summed E-state index contributed by atoms with van der Waals surface area (Å²) in [6.07, 6.45) is 15.6. The molecule has 6 aliphatic rings. The lowest BCUT2D eigenvalue weighted by atomic mass is 9.97. The fourth-order valence-corrected chi connectivity index (χ4v) is 18.5. The summed E-state index contributed by atoms with van der Waals surface area (Å²) in [5.74, 6) is 8.15. The molecule has 0 saturated carbocycles. The Labute approximate surface area is 616 Å². The van der Waals surface area contributed by atoms with Gasteiger partial charge in [0.25, 0.3) is 16.7 Å². The summed E-state index contributed by atoms with van der Waals surface area (Å²) < 4.78 is 82.7. The number of imidazole rings is 3. The highest BCUT2D eigenvalue weighted by atomic mass is 35.5. The molecule has 6 atom stereocenters. The average Bonchev–Trinajstić information content (AvgIpc) is 1.65. The fourth-order valence-electron chi connectivity index (χ4n) is 15.0. The van der Waals surface area contributed by atoms with Crippen molar-refractivity contribution in [3.05, 3.63) is 169 Å². The number of aliphatic hydroxyl groups excluding tert-OH is 1. The number of H-pyrrole nitrogens is 3. The van der Waals surface area contributed by atoms with Crippen LogP contribution in [0.15, 0.2) is 100 Å². The quantitative estimate of drug-likeness (QED) is 0.0795. The highest BCUT2D eigenvalue weighted by Crippen LogP contribution is 2.36. The Morgan fingerprint density at radius 1 is 0.448 bits per heavy atom. The summed E-state index contributed by atoms with van der Waals surface area (Å²) in [7, 11) is -8.53. The zero-order chi connectivity index (χ0) is 74.7. The molecule has 1 aromatic carbocycles. The molecule has 0 radical (unpaired) electrons. The first kappa shape index (κ1) is 78.4. The maximum Gasteiger partial charge on any atom is 0.276 e. The monoisotopic (exact) mass is 1520 g/mol. The van der Waals surface area contributed by atoms with Crippen LogP contribution >= 0.6 is 11.6 Å². The van der Waals surface area contributed by atoms with Crippen molar-refractivity contribution in [2.45, 2.75) is 135 Å². The largest absolute Gasteiger partial charge is 0.400 e. The number of hydrogen-bond donors (Lipinski definition) is 5. The van der Waals surface area contributed by atoms with Crippen molar-refractivity contribution in [2.24, 2.45) is 17.8 Å². The van der Waals surface area contributed by atoms with E-state index in [1.54, 1.807) is 103 Å². The Morgan fingerprint density at radius 3 is 1.13 bits per heavy atom. The average molecular weight is 1530 g/mol. The highest BCUT2D eigenvalue weighted by molar-refractivity contribution is 7.89. The predicted octanol–water partition coefficient (Wildman–Crippen LogP) is 4.25. The van der Waals surface area contributed by atoms with Crippen molar-refractivity contribution in [2.75, 3.05) is 103 Å². The van der Waals surface area contributed by atoms with E-state index in [1.165, 1.54) is 5.56 Å². The number of halogens is 1. The second kappa shape index (κ2) is 34.9. The van der Waals surface area contributed by atoms with Gasteiger partial charge in [-0.1, -0.05) is 51.1 Å². The number of hydrogen-bond acceptors (Lipinski definition) is 23. The number of aromatic nitrogens is 16. The van der Waals surface area contributed by atoms with E-state index in [9.17, 15) is 39.6 Å². The normalized spacial score (nSPS) is 22.3. The summed E-state index contributed by atoms with van der Waals surface area (Å²) in [6.45, 7) is 21.0. The van der Waals surface area contributed by atoms with E-state index >= 15 is 0 Å². The van der Waals surface area contributed by atoms with Gasteiger partial charge in [-0.15, -0.1) is 11.6 Å². The molecule has 6 fully saturated rings. The first-order valence-electron chi connectivity index (χ1n) is 36.1. The van der Waals surface area contributed by atoms with Crippen molar-refractivity contribution >= 4 is 58.2 Å². The summed E-state index contributed by atoms with van der Waals surface area (Å²) in [5.41, 5.74) is 2.02. The van der Waals surface area contributed by atoms with Crippen LogP contribution in [0.1, 0.15) is 168 Å². The zero-order valence-corrected chi connectivity index (χ0v) is 63.7. The Balaban J connectivity index is 0.000000148. The second-order valence-electron chi connectivity index (χ2n) is 27.7. The van der Waals surface area contributed by atoms with Crippen molar-refractivity contribution in [3.8, 4) is 0 Å². The van der Waals surface area contributed by atoms with Gasteiger partial charge in [-0.05, 0) is 101 Å². The van der Waals surface area contributed by atoms with E-state index in [4.69, 9.17) is 32.0 Å². The Kier molecular flexibility index (Phi) is 26.0. The van der Waals surface area contributed by atoms with Crippen LogP contribution in [0, 0.1) is 17.8 Å². The Hall–Kier alpha value is -7.71. The number of benzene rings is 1. The van der Waals surface area contributed by atoms with E-state index in [-0.39, 0.29) is 69.4 Å². The van der Waals surface area contributed by atoms with Gasteiger partial charge >= 0.3 is 0 Å². The second-order valence-corrected chi connectivity index (χ2v) is 34.8. The minimum Gasteiger partial charge on any atom is -0.400 e. The molecule has 6 unspecified atom stereocenters. The number of likely N-dealkylation sites (tertiary alicyclic amines) is 2. The predicted molar refractivity (Wildman–Crippen MR) is 397 cm³/mol. The molecule has 14 heterocycles. The molecular formula is C69H97ClN22O10S3. The SMILES string of the molecule is CCS(=O)(=O)N1CCC(c2ncc3c(=O)[nH]c(C4CN(Cc5ccccc5)CC4C)nn23)CC1.CCS(=O)(=O)N1CCC(c2ncc3c(=O)[nH]c(C4CN(Cc5ncccn5)CC4C)nn23)CC1.CCS(=O)(=O)N1CCC(c2ncc3c(=O)[nH]c(C4CNCC4C)nn23)CC1.CO.ClCc1ncccn1. The number of fused-ring (bicyclic) bond motifs is 3. The number of aromatic amines is 3. The molecule has 6 saturated heterocycles. The number of nitrogens with zero attached hydrogens (tertiary/aromatic N) is 18. The van der Waals surface area contributed by atoms with Gasteiger partial charge in [-0.3, -0.25) is 24.2 Å². The molecular weight excluding hydrogens is 1430 g/mol.